The zero-order valence-electron chi connectivity index (χ0n) is 10.9. The first-order valence-corrected chi connectivity index (χ1v) is 5.84. The van der Waals surface area contributed by atoms with Gasteiger partial charge in [-0.15, -0.1) is 0 Å². The second-order valence-electron chi connectivity index (χ2n) is 4.28. The summed E-state index contributed by atoms with van der Waals surface area (Å²) in [5, 5.41) is 5.29. The molecule has 1 aromatic carbocycles. The van der Waals surface area contributed by atoms with Crippen LogP contribution < -0.4 is 10.6 Å². The summed E-state index contributed by atoms with van der Waals surface area (Å²) in [5.41, 5.74) is 1.11. The second-order valence-corrected chi connectivity index (χ2v) is 4.28. The Labute approximate surface area is 107 Å². The first-order valence-electron chi connectivity index (χ1n) is 5.84. The third kappa shape index (κ3) is 4.82. The maximum absolute atomic E-state index is 11.9. The van der Waals surface area contributed by atoms with Crippen molar-refractivity contribution in [2.24, 2.45) is 0 Å². The van der Waals surface area contributed by atoms with Crippen LogP contribution in [0.5, 0.6) is 0 Å². The summed E-state index contributed by atoms with van der Waals surface area (Å²) in [7, 11) is 0. The van der Waals surface area contributed by atoms with Crippen LogP contribution >= 0.6 is 0 Å². The van der Waals surface area contributed by atoms with E-state index in [9.17, 15) is 9.59 Å². The molecule has 1 rings (SSSR count). The van der Waals surface area contributed by atoms with Crippen LogP contribution in [0.4, 0.5) is 0 Å². The van der Waals surface area contributed by atoms with E-state index in [4.69, 9.17) is 0 Å². The lowest BCUT2D eigenvalue weighted by Crippen LogP contribution is -2.37. The van der Waals surface area contributed by atoms with Crippen LogP contribution in [0.3, 0.4) is 0 Å². The van der Waals surface area contributed by atoms with Gasteiger partial charge in [-0.1, -0.05) is 30.3 Å². The molecule has 2 amide bonds. The molecular weight excluding hydrogens is 228 g/mol. The summed E-state index contributed by atoms with van der Waals surface area (Å²) < 4.78 is 0. The van der Waals surface area contributed by atoms with Gasteiger partial charge in [-0.2, -0.15) is 0 Å². The molecule has 0 radical (unpaired) electrons. The summed E-state index contributed by atoms with van der Waals surface area (Å²) >= 11 is 0. The average molecular weight is 246 g/mol. The van der Waals surface area contributed by atoms with E-state index in [0.29, 0.717) is 0 Å². The monoisotopic (exact) mass is 246 g/mol. The molecule has 0 aliphatic carbocycles. The van der Waals surface area contributed by atoms with Gasteiger partial charge >= 0.3 is 0 Å². The summed E-state index contributed by atoms with van der Waals surface area (Å²) in [6, 6.07) is 9.39. The molecule has 0 aliphatic rings. The molecule has 0 spiro atoms. The molecule has 0 fully saturated rings. The van der Waals surface area contributed by atoms with Crippen LogP contribution in [-0.2, 0) is 9.59 Å². The molecule has 0 heterocycles. The van der Waals surface area contributed by atoms with E-state index in [1.807, 2.05) is 44.2 Å². The van der Waals surface area contributed by atoms with E-state index < -0.39 is 0 Å². The highest BCUT2D eigenvalue weighted by Gasteiger charge is 2.11. The molecule has 4 heteroatoms. The highest BCUT2D eigenvalue weighted by molar-refractivity contribution is 6.00. The summed E-state index contributed by atoms with van der Waals surface area (Å²) in [5.74, 6) is -0.555. The van der Waals surface area contributed by atoms with Crippen molar-refractivity contribution in [1.82, 2.24) is 10.6 Å². The van der Waals surface area contributed by atoms with Gasteiger partial charge in [-0.25, -0.2) is 0 Å². The zero-order valence-corrected chi connectivity index (χ0v) is 10.9. The van der Waals surface area contributed by atoms with Gasteiger partial charge < -0.3 is 10.6 Å². The SMILES string of the molecule is CC(=O)N/C(=C\c1ccccc1)C(=O)NC(C)C. The number of rotatable bonds is 4. The molecule has 2 N–H and O–H groups in total. The molecule has 0 aliphatic heterocycles. The molecule has 96 valence electrons. The van der Waals surface area contributed by atoms with Crippen molar-refractivity contribution in [3.05, 3.63) is 41.6 Å². The van der Waals surface area contributed by atoms with Gasteiger partial charge in [-0.3, -0.25) is 9.59 Å². The first kappa shape index (κ1) is 14.0. The van der Waals surface area contributed by atoms with Gasteiger partial charge in [0.25, 0.3) is 5.91 Å². The Morgan fingerprint density at radius 3 is 2.28 bits per heavy atom. The Balaban J connectivity index is 2.94. The van der Waals surface area contributed by atoms with Gasteiger partial charge in [0.1, 0.15) is 5.70 Å². The molecule has 1 aromatic rings. The van der Waals surface area contributed by atoms with Crippen LogP contribution in [0.25, 0.3) is 6.08 Å². The summed E-state index contributed by atoms with van der Waals surface area (Å²) in [4.78, 5) is 23.0. The second kappa shape index (κ2) is 6.59. The predicted molar refractivity (Wildman–Crippen MR) is 71.5 cm³/mol. The Kier molecular flexibility index (Phi) is 5.11. The lowest BCUT2D eigenvalue weighted by atomic mass is 10.2. The molecule has 0 bridgehead atoms. The van der Waals surface area contributed by atoms with Crippen LogP contribution in [0.2, 0.25) is 0 Å². The number of amides is 2. The smallest absolute Gasteiger partial charge is 0.268 e. The normalized spacial score (nSPS) is 11.2. The van der Waals surface area contributed by atoms with Gasteiger partial charge in [-0.05, 0) is 25.5 Å². The van der Waals surface area contributed by atoms with Crippen LogP contribution in [0, 0.1) is 0 Å². The molecule has 18 heavy (non-hydrogen) atoms. The Morgan fingerprint density at radius 2 is 1.78 bits per heavy atom. The largest absolute Gasteiger partial charge is 0.349 e. The van der Waals surface area contributed by atoms with Crippen molar-refractivity contribution in [2.75, 3.05) is 0 Å². The average Bonchev–Trinajstić information content (AvgIpc) is 2.28. The number of benzene rings is 1. The van der Waals surface area contributed by atoms with Gasteiger partial charge in [0.2, 0.25) is 5.91 Å². The van der Waals surface area contributed by atoms with Crippen LogP contribution in [0.15, 0.2) is 36.0 Å². The molecule has 4 nitrogen and oxygen atoms in total. The van der Waals surface area contributed by atoms with Crippen LogP contribution in [0.1, 0.15) is 26.3 Å². The maximum atomic E-state index is 11.9. The Hall–Kier alpha value is -2.10. The number of carbonyl (C=O) groups excluding carboxylic acids is 2. The van der Waals surface area contributed by atoms with Gasteiger partial charge in [0, 0.05) is 13.0 Å². The minimum absolute atomic E-state index is 0.0189. The lowest BCUT2D eigenvalue weighted by Gasteiger charge is -2.11. The van der Waals surface area contributed by atoms with E-state index in [-0.39, 0.29) is 23.6 Å². The highest BCUT2D eigenvalue weighted by Crippen LogP contribution is 2.05. The van der Waals surface area contributed by atoms with Gasteiger partial charge in [0.05, 0.1) is 0 Å². The van der Waals surface area contributed by atoms with Crippen molar-refractivity contribution in [3.63, 3.8) is 0 Å². The molecular formula is C14H18N2O2. The Bertz CT molecular complexity index is 450. The molecule has 0 atom stereocenters. The van der Waals surface area contributed by atoms with E-state index >= 15 is 0 Å². The van der Waals surface area contributed by atoms with E-state index in [1.54, 1.807) is 6.08 Å². The van der Waals surface area contributed by atoms with Crippen molar-refractivity contribution < 1.29 is 9.59 Å². The van der Waals surface area contributed by atoms with Crippen molar-refractivity contribution in [3.8, 4) is 0 Å². The minimum atomic E-state index is -0.288. The lowest BCUT2D eigenvalue weighted by molar-refractivity contribution is -0.122. The fourth-order valence-electron chi connectivity index (χ4n) is 1.40. The van der Waals surface area contributed by atoms with E-state index in [0.717, 1.165) is 5.56 Å². The fraction of sp³-hybridized carbons (Fsp3) is 0.286. The topological polar surface area (TPSA) is 58.2 Å². The fourth-order valence-corrected chi connectivity index (χ4v) is 1.40. The zero-order chi connectivity index (χ0) is 13.5. The number of hydrogen-bond donors (Lipinski definition) is 2. The highest BCUT2D eigenvalue weighted by atomic mass is 16.2. The van der Waals surface area contributed by atoms with Crippen molar-refractivity contribution >= 4 is 17.9 Å². The van der Waals surface area contributed by atoms with E-state index in [1.165, 1.54) is 6.92 Å². The number of carbonyl (C=O) groups is 2. The minimum Gasteiger partial charge on any atom is -0.349 e. The standard InChI is InChI=1S/C14H18N2O2/c1-10(2)15-14(18)13(16-11(3)17)9-12-7-5-4-6-8-12/h4-10H,1-3H3,(H,15,18)(H,16,17)/b13-9-. The maximum Gasteiger partial charge on any atom is 0.268 e. The van der Waals surface area contributed by atoms with Crippen molar-refractivity contribution in [2.45, 2.75) is 26.8 Å². The third-order valence-corrected chi connectivity index (χ3v) is 2.09. The summed E-state index contributed by atoms with van der Waals surface area (Å²) in [6.07, 6.45) is 1.65. The number of hydrogen-bond acceptors (Lipinski definition) is 2. The van der Waals surface area contributed by atoms with Gasteiger partial charge in [0.15, 0.2) is 0 Å². The Morgan fingerprint density at radius 1 is 1.17 bits per heavy atom. The first-order chi connectivity index (χ1) is 8.49. The summed E-state index contributed by atoms with van der Waals surface area (Å²) in [6.45, 7) is 5.11. The predicted octanol–water partition coefficient (Wildman–Crippen LogP) is 1.69. The number of nitrogens with one attached hydrogen (secondary N) is 2. The quantitative estimate of drug-likeness (QED) is 0.794. The molecule has 0 unspecified atom stereocenters. The molecule has 0 aromatic heterocycles. The van der Waals surface area contributed by atoms with Crippen molar-refractivity contribution in [1.29, 1.82) is 0 Å². The molecule has 0 saturated heterocycles. The third-order valence-electron chi connectivity index (χ3n) is 2.09. The van der Waals surface area contributed by atoms with E-state index in [2.05, 4.69) is 10.6 Å². The molecule has 0 saturated carbocycles. The van der Waals surface area contributed by atoms with Crippen LogP contribution in [-0.4, -0.2) is 17.9 Å².